The second-order valence-electron chi connectivity index (χ2n) is 4.90. The molecule has 3 nitrogen and oxygen atoms in total. The van der Waals surface area contributed by atoms with E-state index in [-0.39, 0.29) is 5.41 Å². The molecule has 0 atom stereocenters. The van der Waals surface area contributed by atoms with Crippen LogP contribution in [-0.2, 0) is 5.41 Å². The summed E-state index contributed by atoms with van der Waals surface area (Å²) in [7, 11) is 5.32. The van der Waals surface area contributed by atoms with Crippen molar-refractivity contribution in [3.05, 3.63) is 22.2 Å². The first kappa shape index (κ1) is 15.3. The zero-order chi connectivity index (χ0) is 13.8. The molecule has 1 rings (SSSR count). The van der Waals surface area contributed by atoms with Crippen LogP contribution in [-0.4, -0.2) is 27.8 Å². The first-order valence-electron chi connectivity index (χ1n) is 6.03. The van der Waals surface area contributed by atoms with Crippen molar-refractivity contribution in [2.24, 2.45) is 0 Å². The van der Waals surface area contributed by atoms with Crippen molar-refractivity contribution in [3.8, 4) is 11.5 Å². The molecule has 1 N–H and O–H groups in total. The molecule has 102 valence electrons. The van der Waals surface area contributed by atoms with Gasteiger partial charge in [0.1, 0.15) is 16.0 Å². The summed E-state index contributed by atoms with van der Waals surface area (Å²) in [6, 6.07) is 4.06. The van der Waals surface area contributed by atoms with Gasteiger partial charge in [0.25, 0.3) is 0 Å². The Kier molecular flexibility index (Phi) is 5.47. The van der Waals surface area contributed by atoms with Crippen LogP contribution in [0.25, 0.3) is 0 Å². The van der Waals surface area contributed by atoms with E-state index in [1.807, 2.05) is 13.1 Å². The van der Waals surface area contributed by atoms with E-state index in [2.05, 4.69) is 41.2 Å². The maximum absolute atomic E-state index is 5.54. The van der Waals surface area contributed by atoms with E-state index in [1.54, 1.807) is 14.2 Å². The minimum Gasteiger partial charge on any atom is -0.495 e. The third kappa shape index (κ3) is 3.18. The predicted octanol–water partition coefficient (Wildman–Crippen LogP) is 3.35. The Hall–Kier alpha value is -0.740. The van der Waals surface area contributed by atoms with E-state index in [0.717, 1.165) is 28.9 Å². The molecule has 1 aromatic rings. The van der Waals surface area contributed by atoms with Crippen molar-refractivity contribution < 1.29 is 9.47 Å². The topological polar surface area (TPSA) is 30.5 Å². The van der Waals surface area contributed by atoms with Gasteiger partial charge in [-0.1, -0.05) is 19.9 Å². The lowest BCUT2D eigenvalue weighted by molar-refractivity contribution is 0.369. The molecule has 0 aromatic heterocycles. The fourth-order valence-corrected chi connectivity index (χ4v) is 2.67. The molecular formula is C14H22BrNO2. The number of ether oxygens (including phenoxy) is 2. The highest BCUT2D eigenvalue weighted by atomic mass is 79.9. The van der Waals surface area contributed by atoms with Gasteiger partial charge in [0, 0.05) is 5.56 Å². The molecule has 0 aliphatic carbocycles. The lowest BCUT2D eigenvalue weighted by atomic mass is 9.81. The van der Waals surface area contributed by atoms with Crippen molar-refractivity contribution in [1.29, 1.82) is 0 Å². The zero-order valence-electron chi connectivity index (χ0n) is 11.8. The normalized spacial score (nSPS) is 11.4. The second-order valence-corrected chi connectivity index (χ2v) is 5.69. The van der Waals surface area contributed by atoms with E-state index in [9.17, 15) is 0 Å². The Labute approximate surface area is 118 Å². The van der Waals surface area contributed by atoms with Crippen LogP contribution in [0.2, 0.25) is 0 Å². The summed E-state index contributed by atoms with van der Waals surface area (Å²) in [6.45, 7) is 5.42. The van der Waals surface area contributed by atoms with Gasteiger partial charge in [-0.15, -0.1) is 0 Å². The smallest absolute Gasteiger partial charge is 0.140 e. The molecule has 0 fully saturated rings. The summed E-state index contributed by atoms with van der Waals surface area (Å²) in [5, 5.41) is 3.19. The second kappa shape index (κ2) is 6.43. The minimum atomic E-state index is 0.0448. The maximum atomic E-state index is 5.54. The third-order valence-corrected chi connectivity index (χ3v) is 3.97. The van der Waals surface area contributed by atoms with Crippen molar-refractivity contribution in [2.45, 2.75) is 25.7 Å². The third-order valence-electron chi connectivity index (χ3n) is 3.21. The van der Waals surface area contributed by atoms with E-state index in [1.165, 1.54) is 5.56 Å². The largest absolute Gasteiger partial charge is 0.495 e. The predicted molar refractivity (Wildman–Crippen MR) is 78.8 cm³/mol. The van der Waals surface area contributed by atoms with Gasteiger partial charge >= 0.3 is 0 Å². The Balaban J connectivity index is 3.19. The first-order chi connectivity index (χ1) is 8.47. The number of hydrogen-bond acceptors (Lipinski definition) is 3. The van der Waals surface area contributed by atoms with Crippen LogP contribution in [0.5, 0.6) is 11.5 Å². The maximum Gasteiger partial charge on any atom is 0.140 e. The molecule has 0 aliphatic rings. The van der Waals surface area contributed by atoms with E-state index < -0.39 is 0 Å². The minimum absolute atomic E-state index is 0.0448. The molecule has 0 bridgehead atoms. The quantitative estimate of drug-likeness (QED) is 0.873. The van der Waals surface area contributed by atoms with Gasteiger partial charge in [-0.2, -0.15) is 0 Å². The highest BCUT2D eigenvalue weighted by molar-refractivity contribution is 9.10. The SMILES string of the molecule is CNCCC(C)(C)c1ccc(OC)c(Br)c1OC. The molecule has 0 radical (unpaired) electrons. The van der Waals surface area contributed by atoms with Gasteiger partial charge in [-0.05, 0) is 47.4 Å². The number of rotatable bonds is 6. The fraction of sp³-hybridized carbons (Fsp3) is 0.571. The lowest BCUT2D eigenvalue weighted by Crippen LogP contribution is -2.24. The van der Waals surface area contributed by atoms with Crippen molar-refractivity contribution in [1.82, 2.24) is 5.32 Å². The van der Waals surface area contributed by atoms with E-state index in [0.29, 0.717) is 0 Å². The van der Waals surface area contributed by atoms with Crippen molar-refractivity contribution in [3.63, 3.8) is 0 Å². The number of halogens is 1. The van der Waals surface area contributed by atoms with E-state index >= 15 is 0 Å². The number of hydrogen-bond donors (Lipinski definition) is 1. The van der Waals surface area contributed by atoms with Crippen molar-refractivity contribution >= 4 is 15.9 Å². The Bertz CT molecular complexity index is 405. The average molecular weight is 316 g/mol. The molecule has 1 aromatic carbocycles. The van der Waals surface area contributed by atoms with Gasteiger partial charge in [-0.25, -0.2) is 0 Å². The Morgan fingerprint density at radius 2 is 1.89 bits per heavy atom. The van der Waals surface area contributed by atoms with Crippen molar-refractivity contribution in [2.75, 3.05) is 27.8 Å². The van der Waals surface area contributed by atoms with Crippen LogP contribution in [0.3, 0.4) is 0 Å². The van der Waals surface area contributed by atoms with Gasteiger partial charge in [0.15, 0.2) is 0 Å². The number of nitrogens with one attached hydrogen (secondary N) is 1. The molecule has 0 spiro atoms. The average Bonchev–Trinajstić information content (AvgIpc) is 2.36. The summed E-state index contributed by atoms with van der Waals surface area (Å²) in [4.78, 5) is 0. The van der Waals surface area contributed by atoms with Crippen LogP contribution in [0, 0.1) is 0 Å². The van der Waals surface area contributed by atoms with Gasteiger partial charge in [0.2, 0.25) is 0 Å². The Morgan fingerprint density at radius 1 is 1.22 bits per heavy atom. The molecule has 4 heteroatoms. The molecule has 0 unspecified atom stereocenters. The molecule has 0 aliphatic heterocycles. The molecule has 0 amide bonds. The fourth-order valence-electron chi connectivity index (χ4n) is 2.00. The van der Waals surface area contributed by atoms with Gasteiger partial charge < -0.3 is 14.8 Å². The summed E-state index contributed by atoms with van der Waals surface area (Å²) in [5.41, 5.74) is 1.23. The van der Waals surface area contributed by atoms with E-state index in [4.69, 9.17) is 9.47 Å². The van der Waals surface area contributed by atoms with Crippen LogP contribution >= 0.6 is 15.9 Å². The summed E-state index contributed by atoms with van der Waals surface area (Å²) < 4.78 is 11.7. The highest BCUT2D eigenvalue weighted by Gasteiger charge is 2.26. The monoisotopic (exact) mass is 315 g/mol. The number of benzene rings is 1. The van der Waals surface area contributed by atoms with Gasteiger partial charge in [0.05, 0.1) is 14.2 Å². The van der Waals surface area contributed by atoms with Crippen LogP contribution < -0.4 is 14.8 Å². The highest BCUT2D eigenvalue weighted by Crippen LogP contribution is 2.43. The molecule has 0 heterocycles. The summed E-state index contributed by atoms with van der Waals surface area (Å²) >= 11 is 3.55. The van der Waals surface area contributed by atoms with Crippen LogP contribution in [0.15, 0.2) is 16.6 Å². The lowest BCUT2D eigenvalue weighted by Gasteiger charge is -2.28. The zero-order valence-corrected chi connectivity index (χ0v) is 13.3. The molecule has 18 heavy (non-hydrogen) atoms. The standard InChI is InChI=1S/C14H22BrNO2/c1-14(2,8-9-16-3)10-6-7-11(17-4)12(15)13(10)18-5/h6-7,16H,8-9H2,1-5H3. The summed E-state index contributed by atoms with van der Waals surface area (Å²) in [5.74, 6) is 1.65. The first-order valence-corrected chi connectivity index (χ1v) is 6.82. The summed E-state index contributed by atoms with van der Waals surface area (Å²) in [6.07, 6.45) is 1.04. The molecule has 0 saturated heterocycles. The van der Waals surface area contributed by atoms with Gasteiger partial charge in [-0.3, -0.25) is 0 Å². The number of methoxy groups -OCH3 is 2. The van der Waals surface area contributed by atoms with Crippen LogP contribution in [0.4, 0.5) is 0 Å². The molecular weight excluding hydrogens is 294 g/mol. The van der Waals surface area contributed by atoms with Crippen LogP contribution in [0.1, 0.15) is 25.8 Å². The Morgan fingerprint density at radius 3 is 2.39 bits per heavy atom. The molecule has 0 saturated carbocycles.